The van der Waals surface area contributed by atoms with E-state index in [0.717, 1.165) is 30.5 Å². The third-order valence-electron chi connectivity index (χ3n) is 3.88. The lowest BCUT2D eigenvalue weighted by Gasteiger charge is -2.14. The molecular formula is C17H16N2O. The number of nitriles is 1. The smallest absolute Gasteiger partial charge is 0.119 e. The highest BCUT2D eigenvalue weighted by molar-refractivity contribution is 5.44. The Balaban J connectivity index is 1.69. The van der Waals surface area contributed by atoms with Crippen molar-refractivity contribution in [3.8, 4) is 11.8 Å². The second kappa shape index (κ2) is 5.36. The number of phenolic OH excluding ortho intramolecular Hbond substituents is 1. The largest absolute Gasteiger partial charge is 0.508 e. The van der Waals surface area contributed by atoms with E-state index < -0.39 is 0 Å². The minimum Gasteiger partial charge on any atom is -0.508 e. The Morgan fingerprint density at radius 1 is 1.20 bits per heavy atom. The van der Waals surface area contributed by atoms with Crippen LogP contribution in [0.5, 0.6) is 5.75 Å². The second-order valence-corrected chi connectivity index (χ2v) is 5.13. The van der Waals surface area contributed by atoms with Crippen LogP contribution in [0.3, 0.4) is 0 Å². The summed E-state index contributed by atoms with van der Waals surface area (Å²) >= 11 is 0. The first-order valence-corrected chi connectivity index (χ1v) is 6.81. The maximum absolute atomic E-state index is 9.83. The molecule has 3 heteroatoms. The molecule has 1 aliphatic carbocycles. The van der Waals surface area contributed by atoms with Gasteiger partial charge in [-0.15, -0.1) is 0 Å². The molecule has 0 spiro atoms. The average Bonchev–Trinajstić information content (AvgIpc) is 2.90. The van der Waals surface area contributed by atoms with Gasteiger partial charge in [-0.1, -0.05) is 24.3 Å². The zero-order valence-electron chi connectivity index (χ0n) is 11.1. The summed E-state index contributed by atoms with van der Waals surface area (Å²) in [5.74, 6) is 0.408. The van der Waals surface area contributed by atoms with Gasteiger partial charge >= 0.3 is 0 Å². The van der Waals surface area contributed by atoms with Crippen LogP contribution in [0.2, 0.25) is 0 Å². The topological polar surface area (TPSA) is 56.0 Å². The monoisotopic (exact) mass is 264 g/mol. The van der Waals surface area contributed by atoms with Crippen molar-refractivity contribution in [1.29, 1.82) is 5.26 Å². The Morgan fingerprint density at radius 2 is 2.00 bits per heavy atom. The van der Waals surface area contributed by atoms with Crippen molar-refractivity contribution >= 4 is 0 Å². The molecule has 0 heterocycles. The Bertz CT molecular complexity index is 656. The Hall–Kier alpha value is -2.31. The van der Waals surface area contributed by atoms with E-state index in [2.05, 4.69) is 17.5 Å². The van der Waals surface area contributed by atoms with E-state index in [4.69, 9.17) is 5.26 Å². The predicted octanol–water partition coefficient (Wildman–Crippen LogP) is 3.04. The lowest BCUT2D eigenvalue weighted by Crippen LogP contribution is -2.18. The summed E-state index contributed by atoms with van der Waals surface area (Å²) in [6, 6.07) is 15.8. The molecule has 2 aromatic rings. The average molecular weight is 264 g/mol. The van der Waals surface area contributed by atoms with Crippen LogP contribution in [0.1, 0.15) is 34.7 Å². The SMILES string of the molecule is N#Cc1ccc(CNC2CCc3c(O)cccc32)cc1. The molecule has 0 saturated heterocycles. The van der Waals surface area contributed by atoms with Crippen LogP contribution >= 0.6 is 0 Å². The molecule has 3 rings (SSSR count). The van der Waals surface area contributed by atoms with Gasteiger partial charge in [-0.3, -0.25) is 0 Å². The summed E-state index contributed by atoms with van der Waals surface area (Å²) in [4.78, 5) is 0. The zero-order chi connectivity index (χ0) is 13.9. The molecule has 1 atom stereocenters. The van der Waals surface area contributed by atoms with Gasteiger partial charge in [0, 0.05) is 12.6 Å². The van der Waals surface area contributed by atoms with Gasteiger partial charge in [-0.05, 0) is 47.7 Å². The maximum Gasteiger partial charge on any atom is 0.119 e. The fourth-order valence-corrected chi connectivity index (χ4v) is 2.79. The van der Waals surface area contributed by atoms with Crippen LogP contribution in [-0.4, -0.2) is 5.11 Å². The third-order valence-corrected chi connectivity index (χ3v) is 3.88. The Labute approximate surface area is 118 Å². The van der Waals surface area contributed by atoms with Gasteiger partial charge < -0.3 is 10.4 Å². The van der Waals surface area contributed by atoms with Crippen LogP contribution in [0.25, 0.3) is 0 Å². The van der Waals surface area contributed by atoms with Crippen LogP contribution in [0.4, 0.5) is 0 Å². The first kappa shape index (κ1) is 12.7. The van der Waals surface area contributed by atoms with E-state index in [9.17, 15) is 5.11 Å². The number of rotatable bonds is 3. The number of hydrogen-bond acceptors (Lipinski definition) is 3. The highest BCUT2D eigenvalue weighted by Crippen LogP contribution is 2.36. The fraction of sp³-hybridized carbons (Fsp3) is 0.235. The first-order valence-electron chi connectivity index (χ1n) is 6.81. The molecule has 0 bridgehead atoms. The van der Waals surface area contributed by atoms with Crippen LogP contribution < -0.4 is 5.32 Å². The standard InChI is InChI=1S/C17H16N2O/c18-10-12-4-6-13(7-5-12)11-19-16-9-8-15-14(16)2-1-3-17(15)20/h1-7,16,19-20H,8-9,11H2. The van der Waals surface area contributed by atoms with Gasteiger partial charge in [0.15, 0.2) is 0 Å². The van der Waals surface area contributed by atoms with E-state index in [1.165, 1.54) is 5.56 Å². The molecule has 0 aliphatic heterocycles. The number of phenols is 1. The normalized spacial score (nSPS) is 16.6. The van der Waals surface area contributed by atoms with Crippen molar-refractivity contribution in [2.45, 2.75) is 25.4 Å². The number of nitrogens with zero attached hydrogens (tertiary/aromatic N) is 1. The van der Waals surface area contributed by atoms with Crippen molar-refractivity contribution in [2.24, 2.45) is 0 Å². The summed E-state index contributed by atoms with van der Waals surface area (Å²) in [7, 11) is 0. The summed E-state index contributed by atoms with van der Waals surface area (Å²) in [5.41, 5.74) is 4.13. The molecule has 0 amide bonds. The molecule has 0 aromatic heterocycles. The Morgan fingerprint density at radius 3 is 2.75 bits per heavy atom. The molecule has 3 nitrogen and oxygen atoms in total. The van der Waals surface area contributed by atoms with E-state index in [-0.39, 0.29) is 0 Å². The quantitative estimate of drug-likeness (QED) is 0.896. The number of hydrogen-bond donors (Lipinski definition) is 2. The van der Waals surface area contributed by atoms with Gasteiger partial charge in [0.2, 0.25) is 0 Å². The van der Waals surface area contributed by atoms with Crippen LogP contribution in [0, 0.1) is 11.3 Å². The van der Waals surface area contributed by atoms with Gasteiger partial charge in [0.05, 0.1) is 11.6 Å². The number of aromatic hydroxyl groups is 1. The predicted molar refractivity (Wildman–Crippen MR) is 77.2 cm³/mol. The number of nitrogens with one attached hydrogen (secondary N) is 1. The van der Waals surface area contributed by atoms with Crippen molar-refractivity contribution in [2.75, 3.05) is 0 Å². The molecule has 0 saturated carbocycles. The second-order valence-electron chi connectivity index (χ2n) is 5.13. The van der Waals surface area contributed by atoms with Gasteiger partial charge in [-0.2, -0.15) is 5.26 Å². The number of fused-ring (bicyclic) bond motifs is 1. The molecule has 20 heavy (non-hydrogen) atoms. The van der Waals surface area contributed by atoms with E-state index in [1.807, 2.05) is 30.3 Å². The van der Waals surface area contributed by atoms with Gasteiger partial charge in [0.25, 0.3) is 0 Å². The summed E-state index contributed by atoms with van der Waals surface area (Å²) in [6.07, 6.45) is 1.94. The van der Waals surface area contributed by atoms with Crippen molar-refractivity contribution in [3.05, 3.63) is 64.7 Å². The number of benzene rings is 2. The van der Waals surface area contributed by atoms with Gasteiger partial charge in [0.1, 0.15) is 5.75 Å². The third kappa shape index (κ3) is 2.38. The summed E-state index contributed by atoms with van der Waals surface area (Å²) < 4.78 is 0. The summed E-state index contributed by atoms with van der Waals surface area (Å²) in [6.45, 7) is 0.769. The van der Waals surface area contributed by atoms with Gasteiger partial charge in [-0.25, -0.2) is 0 Å². The maximum atomic E-state index is 9.83. The van der Waals surface area contributed by atoms with Crippen molar-refractivity contribution < 1.29 is 5.11 Å². The Kier molecular flexibility index (Phi) is 3.41. The minimum absolute atomic E-state index is 0.299. The first-order chi connectivity index (χ1) is 9.78. The molecule has 2 aromatic carbocycles. The molecule has 1 aliphatic rings. The van der Waals surface area contributed by atoms with E-state index in [1.54, 1.807) is 6.07 Å². The van der Waals surface area contributed by atoms with Crippen molar-refractivity contribution in [3.63, 3.8) is 0 Å². The van der Waals surface area contributed by atoms with Crippen LogP contribution in [0.15, 0.2) is 42.5 Å². The lowest BCUT2D eigenvalue weighted by atomic mass is 10.1. The highest BCUT2D eigenvalue weighted by atomic mass is 16.3. The van der Waals surface area contributed by atoms with E-state index >= 15 is 0 Å². The molecule has 1 unspecified atom stereocenters. The molecule has 0 fully saturated rings. The molecule has 100 valence electrons. The highest BCUT2D eigenvalue weighted by Gasteiger charge is 2.23. The van der Waals surface area contributed by atoms with Crippen molar-refractivity contribution in [1.82, 2.24) is 5.32 Å². The molecule has 0 radical (unpaired) electrons. The molecule has 2 N–H and O–H groups in total. The molecular weight excluding hydrogens is 248 g/mol. The minimum atomic E-state index is 0.299. The fourth-order valence-electron chi connectivity index (χ4n) is 2.79. The van der Waals surface area contributed by atoms with E-state index in [0.29, 0.717) is 17.4 Å². The lowest BCUT2D eigenvalue weighted by molar-refractivity contribution is 0.469. The summed E-state index contributed by atoms with van der Waals surface area (Å²) in [5, 5.41) is 22.1. The zero-order valence-corrected chi connectivity index (χ0v) is 11.1. The van der Waals surface area contributed by atoms with Crippen LogP contribution in [-0.2, 0) is 13.0 Å².